The number of rotatable bonds is 0. The van der Waals surface area contributed by atoms with Crippen LogP contribution in [0.2, 0.25) is 0 Å². The zero-order valence-electron chi connectivity index (χ0n) is 28.6. The third-order valence-corrected chi connectivity index (χ3v) is 8.58. The van der Waals surface area contributed by atoms with E-state index in [0.717, 1.165) is 25.7 Å². The standard InChI is InChI=1S/2C18H18N6O2/c2*1-12-5-4-10-26-18-13(6-3-9-19-18)17(25)22-15-8-2-7-14(21-15)16-23-20-11-24(12)16/h2*2-3,6-9,11-12H,4-5,10H2,1H3,(H,21,22,25)/t2*12-/m10/s1. The van der Waals surface area contributed by atoms with E-state index < -0.39 is 0 Å². The number of nitrogens with one attached hydrogen (secondary N) is 2. The van der Waals surface area contributed by atoms with Crippen LogP contribution in [0, 0.1) is 0 Å². The summed E-state index contributed by atoms with van der Waals surface area (Å²) in [5, 5.41) is 22.1. The van der Waals surface area contributed by atoms with Crippen LogP contribution in [0.1, 0.15) is 72.3 Å². The van der Waals surface area contributed by atoms with Crippen molar-refractivity contribution in [2.75, 3.05) is 23.8 Å². The molecule has 4 bridgehead atoms. The molecule has 264 valence electrons. The molecule has 0 saturated carbocycles. The van der Waals surface area contributed by atoms with Crippen molar-refractivity contribution in [2.45, 2.75) is 51.6 Å². The minimum atomic E-state index is -0.315. The first-order valence-corrected chi connectivity index (χ1v) is 17.0. The molecule has 0 saturated heterocycles. The molecule has 2 N–H and O–H groups in total. The predicted molar refractivity (Wildman–Crippen MR) is 190 cm³/mol. The minimum Gasteiger partial charge on any atom is -0.477 e. The number of ether oxygens (including phenoxy) is 2. The lowest BCUT2D eigenvalue weighted by molar-refractivity contribution is 0.101. The number of hydrogen-bond acceptors (Lipinski definition) is 12. The molecular weight excluding hydrogens is 664 g/mol. The van der Waals surface area contributed by atoms with E-state index in [1.54, 1.807) is 61.4 Å². The van der Waals surface area contributed by atoms with E-state index in [4.69, 9.17) is 9.47 Å². The van der Waals surface area contributed by atoms with Crippen LogP contribution in [-0.2, 0) is 0 Å². The number of hydrogen-bond donors (Lipinski definition) is 2. The number of carbonyl (C=O) groups excluding carboxylic acids is 2. The summed E-state index contributed by atoms with van der Waals surface area (Å²) in [6, 6.07) is 18.0. The van der Waals surface area contributed by atoms with E-state index in [9.17, 15) is 9.59 Å². The molecular formula is C36H36N12O4. The van der Waals surface area contributed by atoms with Crippen molar-refractivity contribution in [3.8, 4) is 34.8 Å². The monoisotopic (exact) mass is 700 g/mol. The normalized spacial score (nSPS) is 17.3. The second-order valence-corrected chi connectivity index (χ2v) is 12.2. The van der Waals surface area contributed by atoms with Crippen LogP contribution in [0.4, 0.5) is 11.6 Å². The van der Waals surface area contributed by atoms with Gasteiger partial charge in [0, 0.05) is 24.5 Å². The van der Waals surface area contributed by atoms with Crippen molar-refractivity contribution in [3.05, 3.63) is 96.8 Å². The van der Waals surface area contributed by atoms with Crippen LogP contribution in [0.15, 0.2) is 85.7 Å². The Morgan fingerprint density at radius 2 is 1.10 bits per heavy atom. The number of anilines is 2. The Hall–Kier alpha value is -6.58. The van der Waals surface area contributed by atoms with E-state index in [1.807, 2.05) is 33.4 Å². The van der Waals surface area contributed by atoms with Crippen LogP contribution in [0.5, 0.6) is 11.8 Å². The maximum atomic E-state index is 12.6. The average molecular weight is 701 g/mol. The fourth-order valence-corrected chi connectivity index (χ4v) is 5.85. The highest BCUT2D eigenvalue weighted by Crippen LogP contribution is 2.26. The molecule has 0 aromatic carbocycles. The van der Waals surface area contributed by atoms with Gasteiger partial charge >= 0.3 is 0 Å². The van der Waals surface area contributed by atoms with E-state index in [1.165, 1.54) is 0 Å². The Bertz CT molecular complexity index is 2030. The van der Waals surface area contributed by atoms with Gasteiger partial charge in [0.2, 0.25) is 11.8 Å². The van der Waals surface area contributed by atoms with Crippen molar-refractivity contribution in [1.82, 2.24) is 49.5 Å². The smallest absolute Gasteiger partial charge is 0.262 e. The van der Waals surface area contributed by atoms with Gasteiger partial charge in [-0.25, -0.2) is 19.9 Å². The Balaban J connectivity index is 0.000000162. The Kier molecular flexibility index (Phi) is 10.1. The van der Waals surface area contributed by atoms with Gasteiger partial charge in [-0.15, -0.1) is 20.4 Å². The van der Waals surface area contributed by atoms with Gasteiger partial charge in [-0.05, 0) is 88.1 Å². The molecule has 0 unspecified atom stereocenters. The molecule has 2 atom stereocenters. The first-order valence-electron chi connectivity index (χ1n) is 17.0. The topological polar surface area (TPSA) is 190 Å². The Morgan fingerprint density at radius 3 is 1.56 bits per heavy atom. The van der Waals surface area contributed by atoms with Crippen LogP contribution in [0.25, 0.3) is 23.0 Å². The molecule has 0 aliphatic carbocycles. The molecule has 2 aliphatic heterocycles. The van der Waals surface area contributed by atoms with Gasteiger partial charge in [-0.1, -0.05) is 12.1 Å². The SMILES string of the molecule is C[C@@H]1CCCOc2ncccc2C(=O)Nc2cccc(n2)-c2nncn21.C[C@H]1CCCOc2ncccc2C(=O)Nc2cccc(n2)-c2nncn21. The summed E-state index contributed by atoms with van der Waals surface area (Å²) in [5.74, 6) is 2.24. The Labute approximate surface area is 298 Å². The molecule has 52 heavy (non-hydrogen) atoms. The summed E-state index contributed by atoms with van der Waals surface area (Å²) in [6.45, 7) is 5.17. The minimum absolute atomic E-state index is 0.190. The van der Waals surface area contributed by atoms with Gasteiger partial charge in [-0.3, -0.25) is 9.59 Å². The second kappa shape index (κ2) is 15.5. The Morgan fingerprint density at radius 1 is 0.635 bits per heavy atom. The van der Waals surface area contributed by atoms with Crippen LogP contribution >= 0.6 is 0 Å². The third-order valence-electron chi connectivity index (χ3n) is 8.58. The highest BCUT2D eigenvalue weighted by Gasteiger charge is 2.20. The predicted octanol–water partition coefficient (Wildman–Crippen LogP) is 5.44. The quantitative estimate of drug-likeness (QED) is 0.204. The molecule has 16 nitrogen and oxygen atoms in total. The molecule has 2 amide bonds. The second-order valence-electron chi connectivity index (χ2n) is 12.2. The fourth-order valence-electron chi connectivity index (χ4n) is 5.85. The molecule has 16 heteroatoms. The molecule has 6 aromatic heterocycles. The van der Waals surface area contributed by atoms with Gasteiger partial charge in [0.15, 0.2) is 11.6 Å². The maximum absolute atomic E-state index is 12.6. The lowest BCUT2D eigenvalue weighted by atomic mass is 10.1. The summed E-state index contributed by atoms with van der Waals surface area (Å²) in [4.78, 5) is 42.7. The average Bonchev–Trinajstić information content (AvgIpc) is 3.87. The number of pyridine rings is 4. The fraction of sp³-hybridized carbons (Fsp3) is 0.278. The first kappa shape index (κ1) is 33.9. The van der Waals surface area contributed by atoms with Crippen molar-refractivity contribution in [3.63, 3.8) is 0 Å². The number of nitrogens with zero attached hydrogens (tertiary/aromatic N) is 10. The first-order chi connectivity index (χ1) is 25.4. The van der Waals surface area contributed by atoms with E-state index in [2.05, 4.69) is 64.8 Å². The van der Waals surface area contributed by atoms with E-state index in [0.29, 0.717) is 70.8 Å². The molecule has 8 heterocycles. The van der Waals surface area contributed by atoms with Crippen LogP contribution < -0.4 is 20.1 Å². The lowest BCUT2D eigenvalue weighted by Crippen LogP contribution is -2.17. The summed E-state index contributed by atoms with van der Waals surface area (Å²) < 4.78 is 15.5. The summed E-state index contributed by atoms with van der Waals surface area (Å²) in [7, 11) is 0. The number of aromatic nitrogens is 10. The third kappa shape index (κ3) is 7.60. The maximum Gasteiger partial charge on any atom is 0.262 e. The van der Waals surface area contributed by atoms with Gasteiger partial charge < -0.3 is 29.2 Å². The van der Waals surface area contributed by atoms with Gasteiger partial charge in [0.1, 0.15) is 46.8 Å². The van der Waals surface area contributed by atoms with Crippen molar-refractivity contribution >= 4 is 23.5 Å². The molecule has 0 spiro atoms. The van der Waals surface area contributed by atoms with E-state index in [-0.39, 0.29) is 23.9 Å². The highest BCUT2D eigenvalue weighted by atomic mass is 16.5. The molecule has 2 aliphatic rings. The van der Waals surface area contributed by atoms with Gasteiger partial charge in [-0.2, -0.15) is 0 Å². The number of amides is 2. The number of fused-ring (bicyclic) bond motifs is 10. The largest absolute Gasteiger partial charge is 0.477 e. The van der Waals surface area contributed by atoms with E-state index >= 15 is 0 Å². The summed E-state index contributed by atoms with van der Waals surface area (Å²) >= 11 is 0. The van der Waals surface area contributed by atoms with Gasteiger partial charge in [0.05, 0.1) is 13.2 Å². The van der Waals surface area contributed by atoms with Gasteiger partial charge in [0.25, 0.3) is 11.8 Å². The van der Waals surface area contributed by atoms with Crippen molar-refractivity contribution < 1.29 is 19.1 Å². The summed E-state index contributed by atoms with van der Waals surface area (Å²) in [6.07, 6.45) is 10.00. The molecule has 8 rings (SSSR count). The highest BCUT2D eigenvalue weighted by molar-refractivity contribution is 6.06. The molecule has 6 aromatic rings. The summed E-state index contributed by atoms with van der Waals surface area (Å²) in [5.41, 5.74) is 2.08. The van der Waals surface area contributed by atoms with Crippen LogP contribution in [0.3, 0.4) is 0 Å². The molecule has 0 radical (unpaired) electrons. The lowest BCUT2D eigenvalue weighted by Gasteiger charge is -2.17. The van der Waals surface area contributed by atoms with Crippen LogP contribution in [-0.4, -0.2) is 74.5 Å². The zero-order valence-corrected chi connectivity index (χ0v) is 28.6. The molecule has 0 fully saturated rings. The number of carbonyl (C=O) groups is 2. The van der Waals surface area contributed by atoms with Crippen molar-refractivity contribution in [2.24, 2.45) is 0 Å². The van der Waals surface area contributed by atoms with Crippen molar-refractivity contribution in [1.29, 1.82) is 0 Å². The zero-order chi connectivity index (χ0) is 35.9.